The lowest BCUT2D eigenvalue weighted by atomic mass is 9.94. The number of halogens is 1. The van der Waals surface area contributed by atoms with Gasteiger partial charge in [-0.3, -0.25) is 4.68 Å². The molecule has 0 aliphatic carbocycles. The number of nitrogens with one attached hydrogen (secondary N) is 1. The Morgan fingerprint density at radius 2 is 1.89 bits per heavy atom. The third kappa shape index (κ3) is 4.98. The van der Waals surface area contributed by atoms with E-state index in [2.05, 4.69) is 56.2 Å². The van der Waals surface area contributed by atoms with Gasteiger partial charge in [-0.05, 0) is 35.1 Å². The Balaban J connectivity index is 1.45. The summed E-state index contributed by atoms with van der Waals surface area (Å²) >= 11 is 6.23. The number of hydrogen-bond donors (Lipinski definition) is 1. The van der Waals surface area contributed by atoms with Crippen LogP contribution in [0.25, 0.3) is 22.2 Å². The average molecular weight is 541 g/mol. The molecule has 12 heteroatoms. The van der Waals surface area contributed by atoms with Crippen molar-refractivity contribution in [2.75, 3.05) is 36.6 Å². The van der Waals surface area contributed by atoms with Crippen LogP contribution in [0, 0.1) is 0 Å². The van der Waals surface area contributed by atoms with E-state index in [1.807, 2.05) is 12.3 Å². The minimum Gasteiger partial charge on any atom is -0.368 e. The van der Waals surface area contributed by atoms with Crippen molar-refractivity contribution in [3.05, 3.63) is 53.6 Å². The summed E-state index contributed by atoms with van der Waals surface area (Å²) in [6.07, 6.45) is 6.56. The number of pyridine rings is 1. The second-order valence-electron chi connectivity index (χ2n) is 9.68. The summed E-state index contributed by atoms with van der Waals surface area (Å²) in [7, 11) is 0.207. The molecule has 1 saturated heterocycles. The van der Waals surface area contributed by atoms with E-state index in [1.54, 1.807) is 37.2 Å². The van der Waals surface area contributed by atoms with Gasteiger partial charge in [-0.15, -0.1) is 0 Å². The van der Waals surface area contributed by atoms with Crippen molar-refractivity contribution in [1.82, 2.24) is 29.0 Å². The van der Waals surface area contributed by atoms with Crippen LogP contribution in [0.3, 0.4) is 0 Å². The molecule has 1 aromatic carbocycles. The summed E-state index contributed by atoms with van der Waals surface area (Å²) in [5, 5.41) is 9.91. The molecule has 1 N–H and O–H groups in total. The Kier molecular flexibility index (Phi) is 6.55. The van der Waals surface area contributed by atoms with Crippen LogP contribution in [0.1, 0.15) is 25.3 Å². The fraction of sp³-hybridized carbons (Fsp3) is 0.360. The van der Waals surface area contributed by atoms with Crippen LogP contribution in [-0.4, -0.2) is 69.9 Å². The van der Waals surface area contributed by atoms with Gasteiger partial charge in [0.1, 0.15) is 11.6 Å². The molecule has 0 bridgehead atoms. The van der Waals surface area contributed by atoms with Crippen LogP contribution in [-0.2, 0) is 17.1 Å². The van der Waals surface area contributed by atoms with Crippen LogP contribution in [0.2, 0.25) is 5.15 Å². The van der Waals surface area contributed by atoms with Crippen molar-refractivity contribution in [1.29, 1.82) is 0 Å². The molecule has 0 saturated carbocycles. The lowest BCUT2D eigenvalue weighted by molar-refractivity contribution is 0.313. The highest BCUT2D eigenvalue weighted by molar-refractivity contribution is 7.88. The van der Waals surface area contributed by atoms with Crippen molar-refractivity contribution < 1.29 is 8.42 Å². The molecule has 3 aromatic heterocycles. The maximum atomic E-state index is 11.9. The number of rotatable bonds is 7. The second kappa shape index (κ2) is 9.55. The standard InChI is InChI=1S/C25H29ClN8O2S/c1-15(2)17-6-7-21(34-12-16(13-34)33(4)37(5,35)36)19-11-28-23(10-18(17)19)29-22-8-9-27-25(30-22)20-14-32(3)31-24(20)26/h6-11,14-16H,12-13H2,1-5H3,(H,27,28,29,30). The molecule has 194 valence electrons. The van der Waals surface area contributed by atoms with Gasteiger partial charge < -0.3 is 10.2 Å². The lowest BCUT2D eigenvalue weighted by Gasteiger charge is -2.44. The largest absolute Gasteiger partial charge is 0.368 e. The number of fused-ring (bicyclic) bond motifs is 1. The molecule has 1 fully saturated rings. The van der Waals surface area contributed by atoms with E-state index in [-0.39, 0.29) is 6.04 Å². The van der Waals surface area contributed by atoms with Gasteiger partial charge in [0.05, 0.1) is 17.9 Å². The highest BCUT2D eigenvalue weighted by Crippen LogP contribution is 2.36. The molecule has 0 unspecified atom stereocenters. The minimum atomic E-state index is -3.22. The molecule has 4 aromatic rings. The van der Waals surface area contributed by atoms with Gasteiger partial charge in [-0.25, -0.2) is 23.4 Å². The number of likely N-dealkylation sites (N-methyl/N-ethyl adjacent to an activating group) is 1. The fourth-order valence-corrected chi connectivity index (χ4v) is 5.47. The van der Waals surface area contributed by atoms with Gasteiger partial charge in [0.15, 0.2) is 11.0 Å². The number of sulfonamides is 1. The molecular weight excluding hydrogens is 512 g/mol. The zero-order valence-corrected chi connectivity index (χ0v) is 22.9. The Labute approximate surface area is 221 Å². The van der Waals surface area contributed by atoms with E-state index in [4.69, 9.17) is 11.6 Å². The average Bonchev–Trinajstić information content (AvgIpc) is 3.15. The molecule has 4 heterocycles. The van der Waals surface area contributed by atoms with Crippen molar-refractivity contribution in [3.63, 3.8) is 0 Å². The van der Waals surface area contributed by atoms with Crippen molar-refractivity contribution >= 4 is 49.7 Å². The lowest BCUT2D eigenvalue weighted by Crippen LogP contribution is -2.59. The van der Waals surface area contributed by atoms with Crippen LogP contribution >= 0.6 is 11.6 Å². The molecule has 0 amide bonds. The summed E-state index contributed by atoms with van der Waals surface area (Å²) in [4.78, 5) is 15.8. The molecule has 1 aliphatic heterocycles. The zero-order chi connectivity index (χ0) is 26.5. The number of hydrogen-bond acceptors (Lipinski definition) is 8. The highest BCUT2D eigenvalue weighted by atomic mass is 35.5. The Hall–Kier alpha value is -3.28. The normalized spacial score (nSPS) is 14.5. The summed E-state index contributed by atoms with van der Waals surface area (Å²) < 4.78 is 26.9. The van der Waals surface area contributed by atoms with Crippen molar-refractivity contribution in [2.24, 2.45) is 7.05 Å². The minimum absolute atomic E-state index is 0.0380. The van der Waals surface area contributed by atoms with Gasteiger partial charge in [0.2, 0.25) is 10.0 Å². The second-order valence-corrected chi connectivity index (χ2v) is 12.1. The summed E-state index contributed by atoms with van der Waals surface area (Å²) in [6, 6.07) is 8.03. The van der Waals surface area contributed by atoms with Gasteiger partial charge >= 0.3 is 0 Å². The Bertz CT molecular complexity index is 1580. The number of aromatic nitrogens is 5. The van der Waals surface area contributed by atoms with Crippen LogP contribution in [0.4, 0.5) is 17.3 Å². The van der Waals surface area contributed by atoms with E-state index in [0.717, 1.165) is 16.5 Å². The van der Waals surface area contributed by atoms with E-state index >= 15 is 0 Å². The van der Waals surface area contributed by atoms with Crippen molar-refractivity contribution in [2.45, 2.75) is 25.8 Å². The summed E-state index contributed by atoms with van der Waals surface area (Å²) in [5.74, 6) is 2.03. The van der Waals surface area contributed by atoms with Gasteiger partial charge in [0, 0.05) is 56.8 Å². The number of benzene rings is 1. The first-order valence-corrected chi connectivity index (χ1v) is 14.1. The summed E-state index contributed by atoms with van der Waals surface area (Å²) in [6.45, 7) is 5.61. The Morgan fingerprint density at radius 1 is 1.14 bits per heavy atom. The summed E-state index contributed by atoms with van der Waals surface area (Å²) in [5.41, 5.74) is 2.91. The predicted molar refractivity (Wildman–Crippen MR) is 147 cm³/mol. The monoisotopic (exact) mass is 540 g/mol. The third-order valence-corrected chi connectivity index (χ3v) is 8.33. The van der Waals surface area contributed by atoms with E-state index in [1.165, 1.54) is 16.1 Å². The molecule has 0 radical (unpaired) electrons. The van der Waals surface area contributed by atoms with E-state index in [9.17, 15) is 8.42 Å². The first-order chi connectivity index (χ1) is 17.5. The zero-order valence-electron chi connectivity index (χ0n) is 21.3. The molecule has 1 aliphatic rings. The topological polar surface area (TPSA) is 109 Å². The number of anilines is 3. The van der Waals surface area contributed by atoms with Crippen molar-refractivity contribution in [3.8, 4) is 11.4 Å². The Morgan fingerprint density at radius 3 is 2.54 bits per heavy atom. The molecule has 5 rings (SSSR count). The van der Waals surface area contributed by atoms with E-state index in [0.29, 0.717) is 47.2 Å². The maximum Gasteiger partial charge on any atom is 0.211 e. The number of aryl methyl sites for hydroxylation is 1. The SMILES string of the molecule is CC(C)c1ccc(N2CC(N(C)S(C)(=O)=O)C2)c2cnc(Nc3ccnc(-c4cn(C)nc4Cl)n3)cc12. The van der Waals surface area contributed by atoms with Crippen LogP contribution in [0.15, 0.2) is 42.9 Å². The molecule has 10 nitrogen and oxygen atoms in total. The van der Waals surface area contributed by atoms with Crippen LogP contribution in [0.5, 0.6) is 0 Å². The van der Waals surface area contributed by atoms with Gasteiger partial charge in [-0.1, -0.05) is 31.5 Å². The quantitative estimate of drug-likeness (QED) is 0.374. The first kappa shape index (κ1) is 25.4. The van der Waals surface area contributed by atoms with Gasteiger partial charge in [-0.2, -0.15) is 9.40 Å². The highest BCUT2D eigenvalue weighted by Gasteiger charge is 2.35. The first-order valence-electron chi connectivity index (χ1n) is 11.9. The van der Waals surface area contributed by atoms with Gasteiger partial charge in [0.25, 0.3) is 0 Å². The smallest absolute Gasteiger partial charge is 0.211 e. The van der Waals surface area contributed by atoms with E-state index < -0.39 is 10.0 Å². The number of nitrogens with zero attached hydrogens (tertiary/aromatic N) is 7. The molecule has 0 atom stereocenters. The molecular formula is C25H29ClN8O2S. The third-order valence-electron chi connectivity index (χ3n) is 6.71. The molecule has 0 spiro atoms. The maximum absolute atomic E-state index is 11.9. The van der Waals surface area contributed by atoms with Crippen LogP contribution < -0.4 is 10.2 Å². The molecule has 37 heavy (non-hydrogen) atoms. The fourth-order valence-electron chi connectivity index (χ4n) is 4.55. The predicted octanol–water partition coefficient (Wildman–Crippen LogP) is 4.03.